The van der Waals surface area contributed by atoms with Crippen molar-refractivity contribution in [1.82, 2.24) is 0 Å². The van der Waals surface area contributed by atoms with Crippen LogP contribution in [0.3, 0.4) is 0 Å². The number of rotatable bonds is 6. The lowest BCUT2D eigenvalue weighted by Gasteiger charge is -2.25. The lowest BCUT2D eigenvalue weighted by Crippen LogP contribution is -2.41. The number of ether oxygens (including phenoxy) is 1. The molecule has 0 bridgehead atoms. The van der Waals surface area contributed by atoms with E-state index >= 15 is 4.39 Å². The maximum absolute atomic E-state index is 15.5. The van der Waals surface area contributed by atoms with Gasteiger partial charge in [0, 0.05) is 16.1 Å². The number of hydrogen-bond acceptors (Lipinski definition) is 5. The van der Waals surface area contributed by atoms with Gasteiger partial charge in [0.25, 0.3) is 5.91 Å². The summed E-state index contributed by atoms with van der Waals surface area (Å²) in [6.07, 6.45) is -8.37. The first-order valence-corrected chi connectivity index (χ1v) is 15.4. The molecule has 3 aromatic carbocycles. The number of carbonyl (C=O) groups is 4. The van der Waals surface area contributed by atoms with Crippen molar-refractivity contribution < 1.29 is 51.0 Å². The standard InChI is InChI=1S/C30H22BrCl3F5N3O6/c1-28(2,3)48-27(47)42(26(45)46)23-18(35)6-7-19(22(23)36)41-24(43)16-11-15(4-5-17(16)32)40-25(44)21-20(29(21,33)34)12-8-13(30(37,38)39)10-14(31)9-12/h4-11,20-21H,1-3H3,(H,40,44)(H,41,43)(H,45,46). The van der Waals surface area contributed by atoms with Gasteiger partial charge in [-0.15, -0.1) is 23.2 Å². The third-order valence-corrected chi connectivity index (χ3v) is 8.45. The minimum atomic E-state index is -4.68. The van der Waals surface area contributed by atoms with E-state index in [1.54, 1.807) is 0 Å². The van der Waals surface area contributed by atoms with Crippen molar-refractivity contribution in [2.45, 2.75) is 42.8 Å². The maximum atomic E-state index is 15.5. The molecule has 0 aliphatic heterocycles. The van der Waals surface area contributed by atoms with E-state index in [9.17, 15) is 41.8 Å². The molecule has 3 aromatic rings. The number of hydrogen-bond donors (Lipinski definition) is 3. The number of imide groups is 1. The van der Waals surface area contributed by atoms with Crippen molar-refractivity contribution in [2.24, 2.45) is 5.92 Å². The van der Waals surface area contributed by atoms with Gasteiger partial charge in [-0.2, -0.15) is 18.1 Å². The highest BCUT2D eigenvalue weighted by atomic mass is 79.9. The van der Waals surface area contributed by atoms with Crippen molar-refractivity contribution in [3.63, 3.8) is 0 Å². The minimum Gasteiger partial charge on any atom is -0.464 e. The SMILES string of the molecule is CC(C)(C)OC(=O)N(C(=O)O)c1c(F)ccc(NC(=O)c2cc(NC(=O)C3C(c4cc(Br)cc(C(F)(F)F)c4)C3(Cl)Cl)ccc2Cl)c1F. The van der Waals surface area contributed by atoms with Crippen molar-refractivity contribution in [2.75, 3.05) is 15.5 Å². The van der Waals surface area contributed by atoms with Crippen LogP contribution in [0.4, 0.5) is 48.6 Å². The Morgan fingerprint density at radius 3 is 2.21 bits per heavy atom. The molecule has 1 saturated carbocycles. The molecule has 4 amide bonds. The number of benzene rings is 3. The van der Waals surface area contributed by atoms with E-state index in [0.717, 1.165) is 24.3 Å². The van der Waals surface area contributed by atoms with Gasteiger partial charge in [-0.1, -0.05) is 27.5 Å². The Bertz CT molecular complexity index is 1840. The lowest BCUT2D eigenvalue weighted by molar-refractivity contribution is -0.137. The number of anilines is 3. The van der Waals surface area contributed by atoms with Gasteiger partial charge >= 0.3 is 18.4 Å². The molecule has 1 aliphatic rings. The third-order valence-electron chi connectivity index (χ3n) is 6.73. The second-order valence-corrected chi connectivity index (χ2v) is 14.2. The van der Waals surface area contributed by atoms with E-state index in [1.165, 1.54) is 39.0 Å². The minimum absolute atomic E-state index is 0.0446. The molecule has 9 nitrogen and oxygen atoms in total. The van der Waals surface area contributed by atoms with Gasteiger partial charge in [0.2, 0.25) is 5.91 Å². The summed E-state index contributed by atoms with van der Waals surface area (Å²) in [7, 11) is 0. The van der Waals surface area contributed by atoms with Crippen LogP contribution in [0, 0.1) is 17.6 Å². The van der Waals surface area contributed by atoms with Gasteiger partial charge in [0.05, 0.1) is 27.8 Å². The molecule has 2 unspecified atom stereocenters. The third kappa shape index (κ3) is 7.96. The molecule has 4 rings (SSSR count). The van der Waals surface area contributed by atoms with Crippen LogP contribution < -0.4 is 15.5 Å². The fourth-order valence-corrected chi connectivity index (χ4v) is 6.17. The Hall–Kier alpha value is -3.66. The van der Waals surface area contributed by atoms with E-state index in [1.807, 2.05) is 0 Å². The van der Waals surface area contributed by atoms with Crippen molar-refractivity contribution in [3.05, 3.63) is 86.4 Å². The zero-order valence-corrected chi connectivity index (χ0v) is 28.5. The summed E-state index contributed by atoms with van der Waals surface area (Å²) in [6.45, 7) is 4.19. The molecule has 18 heteroatoms. The van der Waals surface area contributed by atoms with E-state index in [2.05, 4.69) is 26.6 Å². The van der Waals surface area contributed by atoms with Crippen LogP contribution in [0.5, 0.6) is 0 Å². The number of alkyl halides is 5. The molecular weight excluding hydrogens is 780 g/mol. The largest absolute Gasteiger partial charge is 0.464 e. The average Bonchev–Trinajstić information content (AvgIpc) is 3.53. The van der Waals surface area contributed by atoms with Gasteiger partial charge in [-0.05, 0) is 74.9 Å². The van der Waals surface area contributed by atoms with Crippen LogP contribution in [0.25, 0.3) is 0 Å². The summed E-state index contributed by atoms with van der Waals surface area (Å²) in [5.74, 6) is -7.26. The van der Waals surface area contributed by atoms with E-state index < -0.39 is 80.5 Å². The lowest BCUT2D eigenvalue weighted by atomic mass is 10.0. The molecule has 0 spiro atoms. The second kappa shape index (κ2) is 13.3. The summed E-state index contributed by atoms with van der Waals surface area (Å²) in [4.78, 5) is 50.3. The maximum Gasteiger partial charge on any atom is 0.424 e. The van der Waals surface area contributed by atoms with Crippen molar-refractivity contribution >= 4 is 91.8 Å². The predicted octanol–water partition coefficient (Wildman–Crippen LogP) is 9.60. The van der Waals surface area contributed by atoms with E-state index in [0.29, 0.717) is 6.07 Å². The fourth-order valence-electron chi connectivity index (χ4n) is 4.63. The van der Waals surface area contributed by atoms with Gasteiger partial charge < -0.3 is 20.5 Å². The summed E-state index contributed by atoms with van der Waals surface area (Å²) in [5.41, 5.74) is -4.66. The first-order valence-electron chi connectivity index (χ1n) is 13.4. The smallest absolute Gasteiger partial charge is 0.424 e. The van der Waals surface area contributed by atoms with Crippen LogP contribution >= 0.6 is 50.7 Å². The van der Waals surface area contributed by atoms with Gasteiger partial charge in [-0.3, -0.25) is 9.59 Å². The first-order chi connectivity index (χ1) is 22.0. The van der Waals surface area contributed by atoms with Crippen LogP contribution in [-0.4, -0.2) is 39.0 Å². The molecule has 0 saturated heterocycles. The summed E-state index contributed by atoms with van der Waals surface area (Å²) < 4.78 is 73.5. The molecule has 2 atom stereocenters. The van der Waals surface area contributed by atoms with Gasteiger partial charge in [0.1, 0.15) is 15.6 Å². The predicted molar refractivity (Wildman–Crippen MR) is 171 cm³/mol. The van der Waals surface area contributed by atoms with Crippen LogP contribution in [-0.2, 0) is 15.7 Å². The number of carboxylic acid groups (broad SMARTS) is 1. The Morgan fingerprint density at radius 1 is 0.979 bits per heavy atom. The van der Waals surface area contributed by atoms with Crippen LogP contribution in [0.15, 0.2) is 53.0 Å². The van der Waals surface area contributed by atoms with Crippen molar-refractivity contribution in [1.29, 1.82) is 0 Å². The fraction of sp³-hybridized carbons (Fsp3) is 0.267. The summed E-state index contributed by atoms with van der Waals surface area (Å²) >= 11 is 21.8. The Labute approximate surface area is 292 Å². The number of nitrogens with one attached hydrogen (secondary N) is 2. The molecule has 1 fully saturated rings. The molecule has 0 radical (unpaired) electrons. The molecular formula is C30H22BrCl3F5N3O6. The average molecular weight is 802 g/mol. The Morgan fingerprint density at radius 2 is 1.62 bits per heavy atom. The van der Waals surface area contributed by atoms with E-state index in [-0.39, 0.29) is 31.2 Å². The monoisotopic (exact) mass is 799 g/mol. The Kier molecular flexibility index (Phi) is 10.3. The number of nitrogens with zero attached hydrogens (tertiary/aromatic N) is 1. The highest BCUT2D eigenvalue weighted by Crippen LogP contribution is 2.65. The van der Waals surface area contributed by atoms with Gasteiger partial charge in [-0.25, -0.2) is 18.4 Å². The normalized spacial score (nSPS) is 16.9. The topological polar surface area (TPSA) is 125 Å². The molecule has 256 valence electrons. The highest BCUT2D eigenvalue weighted by Gasteiger charge is 2.67. The quantitative estimate of drug-likeness (QED) is 0.169. The summed E-state index contributed by atoms with van der Waals surface area (Å²) in [5, 5.41) is 13.9. The van der Waals surface area contributed by atoms with Crippen LogP contribution in [0.1, 0.15) is 48.2 Å². The highest BCUT2D eigenvalue weighted by molar-refractivity contribution is 9.10. The summed E-state index contributed by atoms with van der Waals surface area (Å²) in [6, 6.07) is 7.94. The molecule has 48 heavy (non-hydrogen) atoms. The number of carbonyl (C=O) groups excluding carboxylic acids is 3. The molecule has 1 aliphatic carbocycles. The van der Waals surface area contributed by atoms with Crippen molar-refractivity contribution in [3.8, 4) is 0 Å². The first kappa shape index (κ1) is 37.2. The molecule has 0 aromatic heterocycles. The Balaban J connectivity index is 1.57. The number of amides is 4. The zero-order chi connectivity index (χ0) is 36.1. The van der Waals surface area contributed by atoms with Crippen LogP contribution in [0.2, 0.25) is 5.02 Å². The zero-order valence-electron chi connectivity index (χ0n) is 24.6. The van der Waals surface area contributed by atoms with Gasteiger partial charge in [0.15, 0.2) is 11.6 Å². The molecule has 3 N–H and O–H groups in total. The number of halogens is 9. The molecule has 0 heterocycles. The second-order valence-electron chi connectivity index (χ2n) is 11.4. The van der Waals surface area contributed by atoms with E-state index in [4.69, 9.17) is 39.5 Å².